The lowest BCUT2D eigenvalue weighted by molar-refractivity contribution is -0.138. The van der Waals surface area contributed by atoms with Gasteiger partial charge >= 0.3 is 24.7 Å². The number of ketones is 1. The molecule has 0 radical (unpaired) electrons. The van der Waals surface area contributed by atoms with Crippen molar-refractivity contribution in [2.75, 3.05) is 168 Å². The predicted molar refractivity (Wildman–Crippen MR) is 549 cm³/mol. The number of nitrogens with zero attached hydrogens (tertiary/aromatic N) is 24. The van der Waals surface area contributed by atoms with Crippen LogP contribution < -0.4 is 19.6 Å². The van der Waals surface area contributed by atoms with Gasteiger partial charge < -0.3 is 72.2 Å². The van der Waals surface area contributed by atoms with Crippen LogP contribution in [0.3, 0.4) is 0 Å². The van der Waals surface area contributed by atoms with Crippen LogP contribution in [0.2, 0.25) is 0 Å². The average Bonchev–Trinajstić information content (AvgIpc) is 1.64. The molecule has 20 rings (SSSR count). The first-order valence-electron chi connectivity index (χ1n) is 49.0. The number of hydrogen-bond donors (Lipinski definition) is 0. The number of thioether (sulfide) groups is 4. The van der Waals surface area contributed by atoms with Crippen LogP contribution in [0, 0.1) is 23.7 Å². The number of hydrogen-bond acceptors (Lipinski definition) is 25. The zero-order valence-electron chi connectivity index (χ0n) is 82.5. The minimum atomic E-state index is -4.31. The molecule has 0 N–H and O–H groups in total. The Balaban J connectivity index is 0.000000132. The summed E-state index contributed by atoms with van der Waals surface area (Å²) in [6.45, 7) is 29.1. The number of likely N-dealkylation sites (N-methyl/N-ethyl adjacent to an activating group) is 3. The van der Waals surface area contributed by atoms with Gasteiger partial charge in [-0.15, -0.1) is 40.8 Å². The van der Waals surface area contributed by atoms with Gasteiger partial charge in [-0.2, -0.15) is 52.7 Å². The molecule has 0 aliphatic carbocycles. The molecule has 41 heteroatoms. The number of rotatable bonds is 29. The van der Waals surface area contributed by atoms with E-state index >= 15 is 0 Å². The largest absolute Gasteiger partial charge is 0.416 e. The van der Waals surface area contributed by atoms with Gasteiger partial charge in [0.2, 0.25) is 0 Å². The number of anilines is 4. The molecule has 9 aromatic rings. The zero-order chi connectivity index (χ0) is 103. The van der Waals surface area contributed by atoms with Gasteiger partial charge in [0.15, 0.2) is 49.7 Å². The fourth-order valence-electron chi connectivity index (χ4n) is 21.2. The maximum atomic E-state index is 12.9. The normalized spacial score (nSPS) is 21.8. The van der Waals surface area contributed by atoms with Gasteiger partial charge in [-0.05, 0) is 247 Å². The summed E-state index contributed by atoms with van der Waals surface area (Å²) in [7, 11) is 13.8. The quantitative estimate of drug-likeness (QED) is 0.0186. The molecule has 0 saturated carbocycles. The number of alkyl halides is 12. The molecule has 8 fully saturated rings. The molecule has 4 aromatic carbocycles. The number of likely N-dealkylation sites (tertiary alicyclic amines) is 4. The van der Waals surface area contributed by atoms with Crippen LogP contribution in [0.1, 0.15) is 109 Å². The summed E-state index contributed by atoms with van der Waals surface area (Å²) in [5.41, 5.74) is 8.25. The molecular weight excluding hydrogens is 1960 g/mol. The van der Waals surface area contributed by atoms with Crippen molar-refractivity contribution in [3.05, 3.63) is 253 Å². The molecule has 11 aliphatic rings. The van der Waals surface area contributed by atoms with Crippen molar-refractivity contribution in [3.8, 4) is 11.4 Å². The molecule has 0 spiro atoms. The molecule has 4 unspecified atom stereocenters. The van der Waals surface area contributed by atoms with Crippen molar-refractivity contribution in [3.63, 3.8) is 0 Å². The standard InChI is InChI=1S/C26H29F3N6OS.3C26H31F3N6S/c1-17(36)22-9-4-18(14-30-22)24-31-32-25(33(24)2)37-13-3-11-34-15-19-10-12-35(23(19)16-34)21-7-5-20(6-8-21)26(27,28)29;3*1-18-5-6-20(15-32(18)2)24-30-31-25(33(24)3)36-14-4-12-34-16-19-11-13-35(23(19)17-34)22-9-7-21(8-10-22)26(27,28)29/h4-9,14,19,23H,3,10-13,15-16H2,1-2H3;3*5-10,15,19,23H,1,4,11-14,16-17H2,2-3H3/t;2*19-,23+;/m.10./s1. The smallest absolute Gasteiger partial charge is 0.367 e. The van der Waals surface area contributed by atoms with E-state index in [0.29, 0.717) is 59.4 Å². The van der Waals surface area contributed by atoms with E-state index in [1.54, 1.807) is 108 Å². The summed E-state index contributed by atoms with van der Waals surface area (Å²) < 4.78 is 163. The lowest BCUT2D eigenvalue weighted by Gasteiger charge is -2.27. The van der Waals surface area contributed by atoms with Crippen LogP contribution in [-0.2, 0) is 52.9 Å². The first-order chi connectivity index (χ1) is 69.3. The molecule has 772 valence electrons. The minimum Gasteiger partial charge on any atom is -0.367 e. The molecule has 25 nitrogen and oxygen atoms in total. The van der Waals surface area contributed by atoms with E-state index in [1.165, 1.54) is 55.5 Å². The summed E-state index contributed by atoms with van der Waals surface area (Å²) >= 11 is 6.81. The van der Waals surface area contributed by atoms with E-state index in [0.717, 1.165) is 279 Å². The molecule has 0 amide bonds. The van der Waals surface area contributed by atoms with E-state index in [1.807, 2.05) is 143 Å². The number of fused-ring (bicyclic) bond motifs is 4. The summed E-state index contributed by atoms with van der Waals surface area (Å²) in [4.78, 5) is 40.7. The second-order valence-corrected chi connectivity index (χ2v) is 43.0. The van der Waals surface area contributed by atoms with Crippen molar-refractivity contribution >= 4 is 92.3 Å². The van der Waals surface area contributed by atoms with Crippen LogP contribution >= 0.6 is 47.0 Å². The maximum Gasteiger partial charge on any atom is 0.416 e. The summed E-state index contributed by atoms with van der Waals surface area (Å²) in [6, 6.07) is 27.5. The van der Waals surface area contributed by atoms with Crippen LogP contribution in [-0.4, -0.2) is 277 Å². The highest BCUT2D eigenvalue weighted by atomic mass is 32.2. The van der Waals surface area contributed by atoms with Crippen molar-refractivity contribution in [2.24, 2.45) is 51.9 Å². The lowest BCUT2D eigenvalue weighted by atomic mass is 10.0. The molecule has 0 bridgehead atoms. The highest BCUT2D eigenvalue weighted by Gasteiger charge is 2.47. The average molecular weight is 2080 g/mol. The van der Waals surface area contributed by atoms with E-state index < -0.39 is 47.0 Å². The molecule has 16 heterocycles. The van der Waals surface area contributed by atoms with Gasteiger partial charge in [-0.25, -0.2) is 0 Å². The van der Waals surface area contributed by atoms with Gasteiger partial charge in [-0.3, -0.25) is 9.78 Å². The van der Waals surface area contributed by atoms with Crippen molar-refractivity contribution in [1.82, 2.24) is 98.3 Å². The number of halogens is 12. The molecular formula is C104H122F12N24OS4. The second-order valence-electron chi connectivity index (χ2n) is 38.8. The molecule has 5 aromatic heterocycles. The summed E-state index contributed by atoms with van der Waals surface area (Å²) in [5.74, 6) is 9.18. The van der Waals surface area contributed by atoms with Crippen LogP contribution in [0.15, 0.2) is 228 Å². The molecule has 8 atom stereocenters. The number of allylic oxidation sites excluding steroid dienone is 9. The Bertz CT molecular complexity index is 5810. The van der Waals surface area contributed by atoms with Crippen LogP contribution in [0.25, 0.3) is 28.1 Å². The van der Waals surface area contributed by atoms with Gasteiger partial charge in [-0.1, -0.05) is 66.8 Å². The van der Waals surface area contributed by atoms with Crippen molar-refractivity contribution in [2.45, 2.75) is 128 Å². The van der Waals surface area contributed by atoms with Crippen molar-refractivity contribution < 1.29 is 57.5 Å². The lowest BCUT2D eigenvalue weighted by Crippen LogP contribution is -2.35. The highest BCUT2D eigenvalue weighted by Crippen LogP contribution is 2.45. The van der Waals surface area contributed by atoms with E-state index in [9.17, 15) is 57.5 Å². The van der Waals surface area contributed by atoms with E-state index in [-0.39, 0.29) is 5.78 Å². The maximum absolute atomic E-state index is 12.9. The van der Waals surface area contributed by atoms with E-state index in [2.05, 4.69) is 105 Å². The Morgan fingerprint density at radius 1 is 0.331 bits per heavy atom. The third-order valence-corrected chi connectivity index (χ3v) is 33.6. The Morgan fingerprint density at radius 3 is 0.807 bits per heavy atom. The topological polar surface area (TPSA) is 188 Å². The van der Waals surface area contributed by atoms with Gasteiger partial charge in [0.1, 0.15) is 5.69 Å². The fraction of sp³-hybridized carbons (Fsp3) is 0.462. The van der Waals surface area contributed by atoms with Gasteiger partial charge in [0.05, 0.1) is 22.3 Å². The number of Topliss-reactive ketones (excluding diaryl/α,β-unsaturated/α-hetero) is 1. The third-order valence-electron chi connectivity index (χ3n) is 29.2. The van der Waals surface area contributed by atoms with E-state index in [4.69, 9.17) is 0 Å². The SMILES string of the molecule is C=C1C=CC(c2nnc(SCCCN3CC4CCN(c5ccc(C(F)(F)F)cc5)C4C3)n2C)=CN1C.C=C1C=CC(c2nnc(SCCCN3C[C@@H]4CCN(c5ccc(C(F)(F)F)cc5)[C@@H]4C3)n2C)=CN1C.C=C1C=CC(c2nnc(SCCCN3C[C@H]4CCN(c5ccc(C(F)(F)F)cc5)[C@H]4C3)n2C)=CN1C.CC(=O)c1ccc(-c2nnc(SCCCN3CC4CCN(c5ccc(C(F)(F)F)cc5)C4C3)n2C)cn1. The highest BCUT2D eigenvalue weighted by molar-refractivity contribution is 7.99. The zero-order valence-corrected chi connectivity index (χ0v) is 85.8. The Hall–Kier alpha value is -11.1. The number of pyridine rings is 1. The first-order valence-corrected chi connectivity index (χ1v) is 52.9. The van der Waals surface area contributed by atoms with Crippen LogP contribution in [0.4, 0.5) is 75.4 Å². The van der Waals surface area contributed by atoms with Gasteiger partial charge in [0.25, 0.3) is 0 Å². The Labute approximate surface area is 855 Å². The molecule has 11 aliphatic heterocycles. The third kappa shape index (κ3) is 25.0. The predicted octanol–water partition coefficient (Wildman–Crippen LogP) is 19.4. The minimum absolute atomic E-state index is 0.0744. The fourth-order valence-corrected chi connectivity index (χ4v) is 24.5. The number of carbonyl (C=O) groups excluding carboxylic acids is 1. The number of carbonyl (C=O) groups is 1. The number of aromatic nitrogens is 13. The second kappa shape index (κ2) is 45.3. The monoisotopic (exact) mass is 2080 g/mol. The molecule has 8 saturated heterocycles. The Morgan fingerprint density at radius 2 is 0.579 bits per heavy atom. The van der Waals surface area contributed by atoms with Crippen molar-refractivity contribution in [1.29, 1.82) is 0 Å². The van der Waals surface area contributed by atoms with Crippen LogP contribution in [0.5, 0.6) is 0 Å². The molecule has 145 heavy (non-hydrogen) atoms. The Kier molecular flexibility index (Phi) is 32.9. The first kappa shape index (κ1) is 105. The number of benzene rings is 4. The summed E-state index contributed by atoms with van der Waals surface area (Å²) in [6.07, 6.45) is 10.9. The van der Waals surface area contributed by atoms with Gasteiger partial charge in [0, 0.05) is 269 Å². The summed E-state index contributed by atoms with van der Waals surface area (Å²) in [5, 5.41) is 38.5.